The van der Waals surface area contributed by atoms with Crippen molar-refractivity contribution >= 4 is 27.6 Å². The van der Waals surface area contributed by atoms with E-state index in [0.717, 1.165) is 34.2 Å². The number of fused-ring (bicyclic) bond motifs is 2. The monoisotopic (exact) mass is 418 g/mol. The lowest BCUT2D eigenvalue weighted by Gasteiger charge is -2.18. The van der Waals surface area contributed by atoms with E-state index in [-0.39, 0.29) is 5.69 Å². The van der Waals surface area contributed by atoms with E-state index in [4.69, 9.17) is 14.2 Å². The van der Waals surface area contributed by atoms with Crippen LogP contribution in [0.3, 0.4) is 0 Å². The Balaban J connectivity index is 1.75. The molecule has 4 heterocycles. The highest BCUT2D eigenvalue weighted by molar-refractivity contribution is 5.92. The predicted molar refractivity (Wildman–Crippen MR) is 118 cm³/mol. The minimum Gasteiger partial charge on any atom is -0.495 e. The molecule has 4 aromatic rings. The normalized spacial score (nSPS) is 14.1. The van der Waals surface area contributed by atoms with Crippen LogP contribution >= 0.6 is 0 Å². The summed E-state index contributed by atoms with van der Waals surface area (Å²) in [6, 6.07) is 7.42. The molecule has 3 aromatic heterocycles. The highest BCUT2D eigenvalue weighted by Crippen LogP contribution is 2.36. The fourth-order valence-electron chi connectivity index (χ4n) is 4.04. The van der Waals surface area contributed by atoms with Crippen LogP contribution in [-0.2, 0) is 4.74 Å². The van der Waals surface area contributed by atoms with Gasteiger partial charge in [0.25, 0.3) is 0 Å². The lowest BCUT2D eigenvalue weighted by molar-refractivity contribution is 0.161. The second kappa shape index (κ2) is 7.88. The largest absolute Gasteiger partial charge is 0.495 e. The van der Waals surface area contributed by atoms with Gasteiger partial charge in [-0.2, -0.15) is 0 Å². The Kier molecular flexibility index (Phi) is 4.91. The third-order valence-electron chi connectivity index (χ3n) is 5.41. The number of hydrogen-bond acceptors (Lipinski definition) is 6. The summed E-state index contributed by atoms with van der Waals surface area (Å²) in [5.74, 6) is 1.33. The molecule has 0 saturated carbocycles. The molecule has 8 heteroatoms. The van der Waals surface area contributed by atoms with Gasteiger partial charge in [0.05, 0.1) is 38.1 Å². The van der Waals surface area contributed by atoms with E-state index in [1.54, 1.807) is 23.9 Å². The Bertz CT molecular complexity index is 1370. The van der Waals surface area contributed by atoms with Gasteiger partial charge in [-0.05, 0) is 37.1 Å². The maximum absolute atomic E-state index is 12.8. The first-order valence-corrected chi connectivity index (χ1v) is 10.2. The summed E-state index contributed by atoms with van der Waals surface area (Å²) < 4.78 is 18.6. The Morgan fingerprint density at radius 1 is 1.26 bits per heavy atom. The molecule has 0 bridgehead atoms. The Hall–Kier alpha value is -3.65. The van der Waals surface area contributed by atoms with Crippen LogP contribution < -0.4 is 15.2 Å². The highest BCUT2D eigenvalue weighted by atomic mass is 16.5. The fourth-order valence-corrected chi connectivity index (χ4v) is 4.04. The van der Waals surface area contributed by atoms with Crippen LogP contribution in [0.2, 0.25) is 0 Å². The molecule has 1 aliphatic heterocycles. The third kappa shape index (κ3) is 3.25. The Morgan fingerprint density at radius 3 is 2.94 bits per heavy atom. The summed E-state index contributed by atoms with van der Waals surface area (Å²) in [5.41, 5.74) is 4.34. The number of imidazole rings is 1. The van der Waals surface area contributed by atoms with Crippen LogP contribution in [0.15, 0.2) is 47.5 Å². The van der Waals surface area contributed by atoms with Crippen LogP contribution in [0, 0.1) is 0 Å². The van der Waals surface area contributed by atoms with Crippen molar-refractivity contribution in [2.75, 3.05) is 26.9 Å². The molecule has 158 valence electrons. The van der Waals surface area contributed by atoms with Crippen molar-refractivity contribution in [1.82, 2.24) is 19.5 Å². The zero-order valence-electron chi connectivity index (χ0n) is 17.3. The van der Waals surface area contributed by atoms with Gasteiger partial charge in [-0.3, -0.25) is 14.5 Å². The molecule has 0 saturated heterocycles. The molecule has 5 rings (SSSR count). The van der Waals surface area contributed by atoms with Crippen molar-refractivity contribution < 1.29 is 14.2 Å². The van der Waals surface area contributed by atoms with Crippen molar-refractivity contribution in [3.8, 4) is 17.2 Å². The first-order chi connectivity index (χ1) is 15.2. The van der Waals surface area contributed by atoms with Gasteiger partial charge < -0.3 is 14.2 Å². The van der Waals surface area contributed by atoms with Gasteiger partial charge in [0.1, 0.15) is 17.0 Å². The number of ether oxygens (including phenoxy) is 3. The van der Waals surface area contributed by atoms with Gasteiger partial charge in [-0.1, -0.05) is 6.08 Å². The van der Waals surface area contributed by atoms with E-state index in [2.05, 4.69) is 21.0 Å². The summed E-state index contributed by atoms with van der Waals surface area (Å²) >= 11 is 0. The lowest BCUT2D eigenvalue weighted by atomic mass is 10.00. The lowest BCUT2D eigenvalue weighted by Crippen LogP contribution is -2.15. The molecule has 31 heavy (non-hydrogen) atoms. The molecule has 8 nitrogen and oxygen atoms in total. The standard InChI is InChI=1S/C23H22N4O4/c1-3-31-19-6-9-24-22-20(19)27(23(28)26-22)15-4-5-18-16(12-15)21(29-2)17(13-25-18)14-7-10-30-11-8-14/h4-7,9,12-13H,3,8,10-11H2,1-2H3,(H,24,26,28). The average molecular weight is 418 g/mol. The van der Waals surface area contributed by atoms with E-state index in [1.807, 2.05) is 31.3 Å². The number of methoxy groups -OCH3 is 1. The fraction of sp³-hybridized carbons (Fsp3) is 0.261. The van der Waals surface area contributed by atoms with Gasteiger partial charge in [-0.25, -0.2) is 9.78 Å². The van der Waals surface area contributed by atoms with Crippen molar-refractivity contribution in [3.05, 3.63) is 58.8 Å². The van der Waals surface area contributed by atoms with E-state index in [0.29, 0.717) is 42.4 Å². The Morgan fingerprint density at radius 2 is 2.16 bits per heavy atom. The maximum Gasteiger partial charge on any atom is 0.332 e. The van der Waals surface area contributed by atoms with Crippen LogP contribution in [0.25, 0.3) is 33.3 Å². The first kappa shape index (κ1) is 19.3. The van der Waals surface area contributed by atoms with Gasteiger partial charge in [-0.15, -0.1) is 0 Å². The van der Waals surface area contributed by atoms with Gasteiger partial charge in [0, 0.05) is 29.4 Å². The summed E-state index contributed by atoms with van der Waals surface area (Å²) in [7, 11) is 1.65. The van der Waals surface area contributed by atoms with Crippen LogP contribution in [0.1, 0.15) is 18.9 Å². The van der Waals surface area contributed by atoms with Crippen molar-refractivity contribution in [2.24, 2.45) is 0 Å². The van der Waals surface area contributed by atoms with Crippen LogP contribution in [-0.4, -0.2) is 46.4 Å². The molecule has 1 aliphatic rings. The van der Waals surface area contributed by atoms with Crippen molar-refractivity contribution in [3.63, 3.8) is 0 Å². The van der Waals surface area contributed by atoms with E-state index < -0.39 is 0 Å². The number of aromatic nitrogens is 4. The first-order valence-electron chi connectivity index (χ1n) is 10.2. The number of benzene rings is 1. The van der Waals surface area contributed by atoms with E-state index in [9.17, 15) is 4.79 Å². The molecule has 1 aromatic carbocycles. The molecule has 0 fully saturated rings. The van der Waals surface area contributed by atoms with Crippen LogP contribution in [0.4, 0.5) is 0 Å². The number of nitrogens with zero attached hydrogens (tertiary/aromatic N) is 3. The van der Waals surface area contributed by atoms with Crippen molar-refractivity contribution in [2.45, 2.75) is 13.3 Å². The molecule has 0 spiro atoms. The summed E-state index contributed by atoms with van der Waals surface area (Å²) in [5, 5.41) is 0.827. The van der Waals surface area contributed by atoms with Gasteiger partial charge >= 0.3 is 5.69 Å². The number of aromatic amines is 1. The maximum atomic E-state index is 12.8. The number of H-pyrrole nitrogens is 1. The summed E-state index contributed by atoms with van der Waals surface area (Å²) in [6.45, 7) is 3.63. The molecule has 0 radical (unpaired) electrons. The number of nitrogens with one attached hydrogen (secondary N) is 1. The minimum atomic E-state index is -0.288. The SMILES string of the molecule is CCOc1ccnc2[nH]c(=O)n(-c3ccc4ncc(C5=CCOCC5)c(OC)c4c3)c12. The summed E-state index contributed by atoms with van der Waals surface area (Å²) in [4.78, 5) is 24.6. The molecule has 0 atom stereocenters. The minimum absolute atomic E-state index is 0.288. The molecular weight excluding hydrogens is 396 g/mol. The molecule has 1 N–H and O–H groups in total. The zero-order chi connectivity index (χ0) is 21.4. The smallest absolute Gasteiger partial charge is 0.332 e. The second-order valence-corrected chi connectivity index (χ2v) is 7.17. The van der Waals surface area contributed by atoms with Gasteiger partial charge in [0.15, 0.2) is 5.65 Å². The quantitative estimate of drug-likeness (QED) is 0.534. The highest BCUT2D eigenvalue weighted by Gasteiger charge is 2.18. The second-order valence-electron chi connectivity index (χ2n) is 7.17. The van der Waals surface area contributed by atoms with Crippen molar-refractivity contribution in [1.29, 1.82) is 0 Å². The molecular formula is C23H22N4O4. The Labute approximate surface area is 178 Å². The molecule has 0 aliphatic carbocycles. The topological polar surface area (TPSA) is 91.3 Å². The van der Waals surface area contributed by atoms with Crippen LogP contribution in [0.5, 0.6) is 11.5 Å². The van der Waals surface area contributed by atoms with E-state index >= 15 is 0 Å². The molecule has 0 amide bonds. The number of rotatable bonds is 5. The van der Waals surface area contributed by atoms with E-state index in [1.165, 1.54) is 0 Å². The predicted octanol–water partition coefficient (Wildman–Crippen LogP) is 3.47. The summed E-state index contributed by atoms with van der Waals surface area (Å²) in [6.07, 6.45) is 6.32. The average Bonchev–Trinajstić information content (AvgIpc) is 3.15. The number of hydrogen-bond donors (Lipinski definition) is 1. The van der Waals surface area contributed by atoms with Gasteiger partial charge in [0.2, 0.25) is 0 Å². The number of pyridine rings is 2. The zero-order valence-corrected chi connectivity index (χ0v) is 17.3. The molecule has 0 unspecified atom stereocenters. The third-order valence-corrected chi connectivity index (χ3v) is 5.41.